The third-order valence-corrected chi connectivity index (χ3v) is 4.87. The Morgan fingerprint density at radius 1 is 1.11 bits per heavy atom. The molecule has 1 unspecified atom stereocenters. The van der Waals surface area contributed by atoms with Crippen molar-refractivity contribution >= 4 is 22.4 Å². The highest BCUT2D eigenvalue weighted by Gasteiger charge is 2.19. The van der Waals surface area contributed by atoms with Gasteiger partial charge in [-0.05, 0) is 54.7 Å². The van der Waals surface area contributed by atoms with Crippen molar-refractivity contribution in [2.45, 2.75) is 33.7 Å². The summed E-state index contributed by atoms with van der Waals surface area (Å²) in [5, 5.41) is 1.17. The summed E-state index contributed by atoms with van der Waals surface area (Å²) in [4.78, 5) is 11.7. The number of carbonyl (C=O) groups excluding carboxylic acids is 1. The summed E-state index contributed by atoms with van der Waals surface area (Å²) in [6.45, 7) is 8.65. The molecule has 0 radical (unpaired) electrons. The summed E-state index contributed by atoms with van der Waals surface area (Å²) in [6.07, 6.45) is 3.72. The lowest BCUT2D eigenvalue weighted by Gasteiger charge is -2.24. The molecule has 0 spiro atoms. The molecule has 0 aliphatic rings. The standard InChI is InChI=1S/C24H27NO2/c1-5-27-23(26)15-18(4)20-11-12-22-21(16-20)13-14-25(22)24(17(2)3)19-9-7-6-8-10-19/h6-17,24H,5H2,1-4H3/b18-15+. The van der Waals surface area contributed by atoms with E-state index >= 15 is 0 Å². The molecule has 0 aliphatic heterocycles. The number of carbonyl (C=O) groups is 1. The maximum absolute atomic E-state index is 11.7. The largest absolute Gasteiger partial charge is 0.463 e. The molecule has 3 aromatic rings. The third kappa shape index (κ3) is 4.13. The number of ether oxygens (including phenoxy) is 1. The summed E-state index contributed by atoms with van der Waals surface area (Å²) >= 11 is 0. The summed E-state index contributed by atoms with van der Waals surface area (Å²) in [5.41, 5.74) is 4.46. The van der Waals surface area contributed by atoms with Crippen LogP contribution in [0.25, 0.3) is 16.5 Å². The van der Waals surface area contributed by atoms with E-state index in [1.807, 2.05) is 13.8 Å². The first kappa shape index (κ1) is 19.0. The maximum atomic E-state index is 11.7. The molecule has 0 aliphatic carbocycles. The predicted octanol–water partition coefficient (Wildman–Crippen LogP) is 5.85. The van der Waals surface area contributed by atoms with Crippen molar-refractivity contribution < 1.29 is 9.53 Å². The van der Waals surface area contributed by atoms with Gasteiger partial charge in [0.25, 0.3) is 0 Å². The van der Waals surface area contributed by atoms with Crippen LogP contribution < -0.4 is 0 Å². The van der Waals surface area contributed by atoms with E-state index in [0.29, 0.717) is 12.5 Å². The van der Waals surface area contributed by atoms with Gasteiger partial charge in [-0.15, -0.1) is 0 Å². The molecule has 0 saturated heterocycles. The van der Waals surface area contributed by atoms with E-state index in [1.54, 1.807) is 6.08 Å². The van der Waals surface area contributed by atoms with Gasteiger partial charge in [0.1, 0.15) is 0 Å². The predicted molar refractivity (Wildman–Crippen MR) is 112 cm³/mol. The van der Waals surface area contributed by atoms with Crippen LogP contribution in [0.4, 0.5) is 0 Å². The van der Waals surface area contributed by atoms with Crippen molar-refractivity contribution in [1.82, 2.24) is 4.57 Å². The van der Waals surface area contributed by atoms with E-state index < -0.39 is 0 Å². The molecule has 0 bridgehead atoms. The second-order valence-corrected chi connectivity index (χ2v) is 7.18. The van der Waals surface area contributed by atoms with Crippen LogP contribution >= 0.6 is 0 Å². The number of hydrogen-bond donors (Lipinski definition) is 0. The first-order valence-corrected chi connectivity index (χ1v) is 9.52. The zero-order valence-electron chi connectivity index (χ0n) is 16.5. The molecule has 2 aromatic carbocycles. The molecular weight excluding hydrogens is 334 g/mol. The number of esters is 1. The van der Waals surface area contributed by atoms with Crippen molar-refractivity contribution in [3.63, 3.8) is 0 Å². The molecule has 3 nitrogen and oxygen atoms in total. The van der Waals surface area contributed by atoms with E-state index in [1.165, 1.54) is 16.5 Å². The van der Waals surface area contributed by atoms with Crippen molar-refractivity contribution in [3.8, 4) is 0 Å². The summed E-state index contributed by atoms with van der Waals surface area (Å²) in [7, 11) is 0. The Hall–Kier alpha value is -2.81. The molecule has 0 fully saturated rings. The van der Waals surface area contributed by atoms with Crippen LogP contribution in [0, 0.1) is 5.92 Å². The molecule has 140 valence electrons. The average Bonchev–Trinajstić information content (AvgIpc) is 3.05. The van der Waals surface area contributed by atoms with Gasteiger partial charge in [-0.2, -0.15) is 0 Å². The molecule has 0 N–H and O–H groups in total. The molecule has 1 atom stereocenters. The minimum Gasteiger partial charge on any atom is -0.463 e. The van der Waals surface area contributed by atoms with Crippen LogP contribution in [-0.4, -0.2) is 17.1 Å². The third-order valence-electron chi connectivity index (χ3n) is 4.87. The van der Waals surface area contributed by atoms with Gasteiger partial charge in [0.05, 0.1) is 12.6 Å². The van der Waals surface area contributed by atoms with Crippen molar-refractivity contribution in [1.29, 1.82) is 0 Å². The Morgan fingerprint density at radius 2 is 1.85 bits per heavy atom. The van der Waals surface area contributed by atoms with Crippen molar-refractivity contribution in [2.24, 2.45) is 5.92 Å². The minimum atomic E-state index is -0.295. The van der Waals surface area contributed by atoms with Gasteiger partial charge in [0, 0.05) is 23.2 Å². The lowest BCUT2D eigenvalue weighted by atomic mass is 9.95. The fraction of sp³-hybridized carbons (Fsp3) is 0.292. The van der Waals surface area contributed by atoms with Crippen LogP contribution in [0.15, 0.2) is 66.9 Å². The lowest BCUT2D eigenvalue weighted by Crippen LogP contribution is -2.15. The van der Waals surface area contributed by atoms with Gasteiger partial charge < -0.3 is 9.30 Å². The fourth-order valence-corrected chi connectivity index (χ4v) is 3.61. The van der Waals surface area contributed by atoms with Gasteiger partial charge in [-0.1, -0.05) is 50.2 Å². The van der Waals surface area contributed by atoms with Crippen LogP contribution in [-0.2, 0) is 9.53 Å². The fourth-order valence-electron chi connectivity index (χ4n) is 3.61. The molecule has 27 heavy (non-hydrogen) atoms. The molecule has 0 amide bonds. The monoisotopic (exact) mass is 361 g/mol. The Kier molecular flexibility index (Phi) is 5.80. The first-order chi connectivity index (χ1) is 13.0. The van der Waals surface area contributed by atoms with Crippen molar-refractivity contribution in [2.75, 3.05) is 6.61 Å². The second kappa shape index (κ2) is 8.26. The Bertz CT molecular complexity index is 951. The lowest BCUT2D eigenvalue weighted by molar-refractivity contribution is -0.137. The van der Waals surface area contributed by atoms with E-state index in [4.69, 9.17) is 4.74 Å². The zero-order chi connectivity index (χ0) is 19.4. The van der Waals surface area contributed by atoms with Gasteiger partial charge in [0.2, 0.25) is 0 Å². The van der Waals surface area contributed by atoms with E-state index in [9.17, 15) is 4.79 Å². The number of nitrogens with zero attached hydrogens (tertiary/aromatic N) is 1. The number of benzene rings is 2. The summed E-state index contributed by atoms with van der Waals surface area (Å²) in [6, 6.07) is 19.4. The highest BCUT2D eigenvalue weighted by atomic mass is 16.5. The minimum absolute atomic E-state index is 0.283. The van der Waals surface area contributed by atoms with E-state index in [2.05, 4.69) is 79.2 Å². The number of fused-ring (bicyclic) bond motifs is 1. The normalized spacial score (nSPS) is 13.1. The highest BCUT2D eigenvalue weighted by molar-refractivity contribution is 5.93. The highest BCUT2D eigenvalue weighted by Crippen LogP contribution is 2.32. The van der Waals surface area contributed by atoms with Gasteiger partial charge in [-0.3, -0.25) is 0 Å². The first-order valence-electron chi connectivity index (χ1n) is 9.52. The SMILES string of the molecule is CCOC(=O)/C=C(\C)c1ccc2c(ccn2C(c2ccccc2)C(C)C)c1. The molecule has 3 heteroatoms. The average molecular weight is 361 g/mol. The van der Waals surface area contributed by atoms with Crippen LogP contribution in [0.5, 0.6) is 0 Å². The molecule has 3 rings (SSSR count). The van der Waals surface area contributed by atoms with Gasteiger partial charge in [-0.25, -0.2) is 4.79 Å². The number of rotatable bonds is 6. The second-order valence-electron chi connectivity index (χ2n) is 7.18. The van der Waals surface area contributed by atoms with E-state index in [-0.39, 0.29) is 12.0 Å². The van der Waals surface area contributed by atoms with Crippen LogP contribution in [0.1, 0.15) is 44.9 Å². The molecular formula is C24H27NO2. The number of hydrogen-bond acceptors (Lipinski definition) is 2. The van der Waals surface area contributed by atoms with Crippen LogP contribution in [0.2, 0.25) is 0 Å². The Labute approximate surface area is 161 Å². The van der Waals surface area contributed by atoms with Crippen molar-refractivity contribution in [3.05, 3.63) is 78.0 Å². The Balaban J connectivity index is 1.99. The van der Waals surface area contributed by atoms with E-state index in [0.717, 1.165) is 11.1 Å². The molecule has 1 aromatic heterocycles. The van der Waals surface area contributed by atoms with Gasteiger partial charge in [0.15, 0.2) is 0 Å². The molecule has 0 saturated carbocycles. The maximum Gasteiger partial charge on any atom is 0.331 e. The summed E-state index contributed by atoms with van der Waals surface area (Å²) < 4.78 is 7.36. The Morgan fingerprint density at radius 3 is 2.52 bits per heavy atom. The zero-order valence-corrected chi connectivity index (χ0v) is 16.5. The smallest absolute Gasteiger partial charge is 0.331 e. The topological polar surface area (TPSA) is 31.2 Å². The molecule has 1 heterocycles. The number of aromatic nitrogens is 1. The quantitative estimate of drug-likeness (QED) is 0.407. The number of allylic oxidation sites excluding steroid dienone is 1. The van der Waals surface area contributed by atoms with Crippen LogP contribution in [0.3, 0.4) is 0 Å². The summed E-state index contributed by atoms with van der Waals surface area (Å²) in [5.74, 6) is 0.171. The van der Waals surface area contributed by atoms with Gasteiger partial charge >= 0.3 is 5.97 Å².